The lowest BCUT2D eigenvalue weighted by molar-refractivity contribution is -0.130. The number of nitrogens with one attached hydrogen (secondary N) is 2. The van der Waals surface area contributed by atoms with Crippen molar-refractivity contribution in [2.24, 2.45) is 5.92 Å². The van der Waals surface area contributed by atoms with Crippen LogP contribution in [-0.2, 0) is 9.59 Å². The first kappa shape index (κ1) is 16.0. The largest absolute Gasteiger partial charge is 0.356 e. The van der Waals surface area contributed by atoms with Gasteiger partial charge in [-0.1, -0.05) is 13.3 Å². The second-order valence-corrected chi connectivity index (χ2v) is 5.29. The maximum Gasteiger partial charge on any atom is 0.224 e. The predicted octanol–water partition coefficient (Wildman–Crippen LogP) is 0.751. The van der Waals surface area contributed by atoms with E-state index in [4.69, 9.17) is 0 Å². The van der Waals surface area contributed by atoms with Crippen molar-refractivity contribution < 1.29 is 9.59 Å². The van der Waals surface area contributed by atoms with Crippen LogP contribution in [0.2, 0.25) is 0 Å². The van der Waals surface area contributed by atoms with Gasteiger partial charge in [-0.15, -0.1) is 0 Å². The Morgan fingerprint density at radius 3 is 2.89 bits per heavy atom. The molecule has 19 heavy (non-hydrogen) atoms. The summed E-state index contributed by atoms with van der Waals surface area (Å²) in [5.41, 5.74) is 0. The van der Waals surface area contributed by atoms with Crippen LogP contribution in [0, 0.1) is 5.92 Å². The summed E-state index contributed by atoms with van der Waals surface area (Å²) in [6, 6.07) is 0. The molecular formula is C14H27N3O2. The molecule has 2 amide bonds. The second kappa shape index (κ2) is 8.91. The Labute approximate surface area is 116 Å². The molecule has 1 rings (SSSR count). The average Bonchev–Trinajstić information content (AvgIpc) is 2.59. The number of amides is 2. The monoisotopic (exact) mass is 269 g/mol. The maximum atomic E-state index is 11.8. The molecule has 1 aliphatic rings. The SMILES string of the molecule is CNCC(C)C(=O)NCCCN1CCCCCC1=O. The van der Waals surface area contributed by atoms with Gasteiger partial charge in [-0.2, -0.15) is 0 Å². The van der Waals surface area contributed by atoms with Crippen LogP contribution in [0.25, 0.3) is 0 Å². The minimum atomic E-state index is -0.00943. The molecule has 1 saturated heterocycles. The number of nitrogens with zero attached hydrogens (tertiary/aromatic N) is 1. The summed E-state index contributed by atoms with van der Waals surface area (Å²) in [6.45, 7) is 4.89. The summed E-state index contributed by atoms with van der Waals surface area (Å²) in [6.07, 6.45) is 4.81. The molecule has 1 unspecified atom stereocenters. The normalized spacial score (nSPS) is 18.0. The third-order valence-corrected chi connectivity index (χ3v) is 3.53. The van der Waals surface area contributed by atoms with Crippen molar-refractivity contribution in [1.82, 2.24) is 15.5 Å². The van der Waals surface area contributed by atoms with Gasteiger partial charge in [0.15, 0.2) is 0 Å². The van der Waals surface area contributed by atoms with Crippen LogP contribution in [0.5, 0.6) is 0 Å². The quantitative estimate of drug-likeness (QED) is 0.671. The summed E-state index contributed by atoms with van der Waals surface area (Å²) >= 11 is 0. The van der Waals surface area contributed by atoms with Crippen LogP contribution >= 0.6 is 0 Å². The van der Waals surface area contributed by atoms with Crippen molar-refractivity contribution in [3.05, 3.63) is 0 Å². The molecule has 1 atom stereocenters. The van der Waals surface area contributed by atoms with Crippen molar-refractivity contribution in [3.63, 3.8) is 0 Å². The number of hydrogen-bond acceptors (Lipinski definition) is 3. The topological polar surface area (TPSA) is 61.4 Å². The Morgan fingerprint density at radius 2 is 2.16 bits per heavy atom. The van der Waals surface area contributed by atoms with E-state index in [1.54, 1.807) is 0 Å². The van der Waals surface area contributed by atoms with Crippen LogP contribution < -0.4 is 10.6 Å². The summed E-state index contributed by atoms with van der Waals surface area (Å²) in [5.74, 6) is 0.341. The fraction of sp³-hybridized carbons (Fsp3) is 0.857. The van der Waals surface area contributed by atoms with E-state index in [0.717, 1.165) is 38.8 Å². The lowest BCUT2D eigenvalue weighted by atomic mass is 10.1. The van der Waals surface area contributed by atoms with Gasteiger partial charge in [-0.3, -0.25) is 9.59 Å². The van der Waals surface area contributed by atoms with E-state index in [0.29, 0.717) is 19.5 Å². The zero-order valence-corrected chi connectivity index (χ0v) is 12.2. The van der Waals surface area contributed by atoms with E-state index in [9.17, 15) is 9.59 Å². The first-order valence-corrected chi connectivity index (χ1v) is 7.35. The average molecular weight is 269 g/mol. The number of rotatable bonds is 7. The first-order valence-electron chi connectivity index (χ1n) is 7.35. The van der Waals surface area contributed by atoms with Gasteiger partial charge in [-0.05, 0) is 26.3 Å². The first-order chi connectivity index (χ1) is 9.15. The molecule has 2 N–H and O–H groups in total. The van der Waals surface area contributed by atoms with Gasteiger partial charge in [0.05, 0.1) is 0 Å². The molecular weight excluding hydrogens is 242 g/mol. The molecule has 0 spiro atoms. The zero-order valence-electron chi connectivity index (χ0n) is 12.2. The number of likely N-dealkylation sites (tertiary alicyclic amines) is 1. The Morgan fingerprint density at radius 1 is 1.37 bits per heavy atom. The van der Waals surface area contributed by atoms with Crippen LogP contribution in [0.15, 0.2) is 0 Å². The standard InChI is InChI=1S/C14H27N3O2/c1-12(11-15-2)14(19)16-8-6-10-17-9-5-3-4-7-13(17)18/h12,15H,3-11H2,1-2H3,(H,16,19). The Bertz CT molecular complexity index is 294. The lowest BCUT2D eigenvalue weighted by Gasteiger charge is -2.20. The minimum Gasteiger partial charge on any atom is -0.356 e. The minimum absolute atomic E-state index is 0.00943. The molecule has 0 radical (unpaired) electrons. The number of carbonyl (C=O) groups excluding carboxylic acids is 2. The van der Waals surface area contributed by atoms with Crippen molar-refractivity contribution in [2.45, 2.75) is 39.0 Å². The van der Waals surface area contributed by atoms with Gasteiger partial charge in [0.2, 0.25) is 11.8 Å². The van der Waals surface area contributed by atoms with E-state index >= 15 is 0 Å². The molecule has 0 bridgehead atoms. The summed E-state index contributed by atoms with van der Waals surface area (Å²) in [5, 5.41) is 5.91. The van der Waals surface area contributed by atoms with Gasteiger partial charge in [0.1, 0.15) is 0 Å². The van der Waals surface area contributed by atoms with Gasteiger partial charge in [0, 0.05) is 38.5 Å². The van der Waals surface area contributed by atoms with Gasteiger partial charge < -0.3 is 15.5 Å². The van der Waals surface area contributed by atoms with Crippen molar-refractivity contribution in [2.75, 3.05) is 33.2 Å². The van der Waals surface area contributed by atoms with Crippen molar-refractivity contribution in [3.8, 4) is 0 Å². The lowest BCUT2D eigenvalue weighted by Crippen LogP contribution is -2.37. The highest BCUT2D eigenvalue weighted by Crippen LogP contribution is 2.11. The zero-order chi connectivity index (χ0) is 14.1. The smallest absolute Gasteiger partial charge is 0.224 e. The van der Waals surface area contributed by atoms with E-state index in [2.05, 4.69) is 10.6 Å². The second-order valence-electron chi connectivity index (χ2n) is 5.29. The Kier molecular flexibility index (Phi) is 7.48. The molecule has 1 fully saturated rings. The highest BCUT2D eigenvalue weighted by molar-refractivity contribution is 5.78. The van der Waals surface area contributed by atoms with E-state index in [1.165, 1.54) is 0 Å². The van der Waals surface area contributed by atoms with Crippen LogP contribution in [0.1, 0.15) is 39.0 Å². The number of carbonyl (C=O) groups is 2. The highest BCUT2D eigenvalue weighted by Gasteiger charge is 2.16. The molecule has 1 heterocycles. The molecule has 0 aromatic heterocycles. The molecule has 0 aliphatic carbocycles. The summed E-state index contributed by atoms with van der Waals surface area (Å²) < 4.78 is 0. The molecule has 0 aromatic rings. The third-order valence-electron chi connectivity index (χ3n) is 3.53. The summed E-state index contributed by atoms with van der Waals surface area (Å²) in [7, 11) is 1.84. The predicted molar refractivity (Wildman–Crippen MR) is 75.8 cm³/mol. The van der Waals surface area contributed by atoms with E-state index in [-0.39, 0.29) is 17.7 Å². The Balaban J connectivity index is 2.15. The summed E-state index contributed by atoms with van der Waals surface area (Å²) in [4.78, 5) is 25.4. The van der Waals surface area contributed by atoms with Crippen molar-refractivity contribution >= 4 is 11.8 Å². The van der Waals surface area contributed by atoms with Crippen LogP contribution in [0.4, 0.5) is 0 Å². The maximum absolute atomic E-state index is 11.8. The van der Waals surface area contributed by atoms with Gasteiger partial charge in [0.25, 0.3) is 0 Å². The Hall–Kier alpha value is -1.10. The van der Waals surface area contributed by atoms with Gasteiger partial charge >= 0.3 is 0 Å². The molecule has 5 nitrogen and oxygen atoms in total. The molecule has 5 heteroatoms. The van der Waals surface area contributed by atoms with E-state index < -0.39 is 0 Å². The van der Waals surface area contributed by atoms with Crippen LogP contribution in [0.3, 0.4) is 0 Å². The fourth-order valence-corrected chi connectivity index (χ4v) is 2.33. The molecule has 110 valence electrons. The fourth-order valence-electron chi connectivity index (χ4n) is 2.33. The van der Waals surface area contributed by atoms with Gasteiger partial charge in [-0.25, -0.2) is 0 Å². The van der Waals surface area contributed by atoms with Crippen LogP contribution in [-0.4, -0.2) is 49.9 Å². The molecule has 1 aliphatic heterocycles. The number of hydrogen-bond donors (Lipinski definition) is 2. The highest BCUT2D eigenvalue weighted by atomic mass is 16.2. The molecule has 0 saturated carbocycles. The van der Waals surface area contributed by atoms with Crippen molar-refractivity contribution in [1.29, 1.82) is 0 Å². The molecule has 0 aromatic carbocycles. The third kappa shape index (κ3) is 6.05. The van der Waals surface area contributed by atoms with E-state index in [1.807, 2.05) is 18.9 Å².